The Balaban J connectivity index is 1.44. The SMILES string of the molecule is CCO[C@@H]1COCC[C@H]1NC(=O)CN1CCN(c2cccc(C)c2)CC1. The third kappa shape index (κ3) is 5.19. The van der Waals surface area contributed by atoms with Crippen LogP contribution in [0.4, 0.5) is 5.69 Å². The molecule has 3 rings (SSSR count). The lowest BCUT2D eigenvalue weighted by Crippen LogP contribution is -2.54. The number of piperazine rings is 1. The summed E-state index contributed by atoms with van der Waals surface area (Å²) in [5.41, 5.74) is 2.56. The van der Waals surface area contributed by atoms with Gasteiger partial charge in [0.15, 0.2) is 0 Å². The smallest absolute Gasteiger partial charge is 0.234 e. The standard InChI is InChI=1S/C20H31N3O3/c1-3-26-19-15-25-12-7-18(19)21-20(24)14-22-8-10-23(11-9-22)17-6-4-5-16(2)13-17/h4-6,13,18-19H,3,7-12,14-15H2,1-2H3,(H,21,24)/t18-,19-/m1/s1. The van der Waals surface area contributed by atoms with Gasteiger partial charge in [0.2, 0.25) is 5.91 Å². The predicted octanol–water partition coefficient (Wildman–Crippen LogP) is 1.43. The molecular formula is C20H31N3O3. The highest BCUT2D eigenvalue weighted by Crippen LogP contribution is 2.18. The molecule has 1 amide bonds. The first-order valence-corrected chi connectivity index (χ1v) is 9.68. The van der Waals surface area contributed by atoms with Crippen molar-refractivity contribution in [3.63, 3.8) is 0 Å². The fourth-order valence-corrected chi connectivity index (χ4v) is 3.70. The second-order valence-corrected chi connectivity index (χ2v) is 7.13. The van der Waals surface area contributed by atoms with Gasteiger partial charge in [0, 0.05) is 45.1 Å². The molecule has 2 fully saturated rings. The van der Waals surface area contributed by atoms with E-state index >= 15 is 0 Å². The monoisotopic (exact) mass is 361 g/mol. The minimum Gasteiger partial charge on any atom is -0.379 e. The van der Waals surface area contributed by atoms with Crippen LogP contribution in [0.5, 0.6) is 0 Å². The third-order valence-corrected chi connectivity index (χ3v) is 5.14. The summed E-state index contributed by atoms with van der Waals surface area (Å²) < 4.78 is 11.2. The molecule has 0 spiro atoms. The van der Waals surface area contributed by atoms with Crippen molar-refractivity contribution in [2.45, 2.75) is 32.4 Å². The fourth-order valence-electron chi connectivity index (χ4n) is 3.70. The Morgan fingerprint density at radius 2 is 2.12 bits per heavy atom. The molecule has 1 aromatic carbocycles. The van der Waals surface area contributed by atoms with E-state index in [0.29, 0.717) is 26.4 Å². The summed E-state index contributed by atoms with van der Waals surface area (Å²) in [6.45, 7) is 10.2. The second-order valence-electron chi connectivity index (χ2n) is 7.13. The number of nitrogens with zero attached hydrogens (tertiary/aromatic N) is 2. The van der Waals surface area contributed by atoms with Crippen LogP contribution in [0.15, 0.2) is 24.3 Å². The van der Waals surface area contributed by atoms with Gasteiger partial charge in [-0.2, -0.15) is 0 Å². The summed E-state index contributed by atoms with van der Waals surface area (Å²) in [6, 6.07) is 8.67. The number of nitrogens with one attached hydrogen (secondary N) is 1. The van der Waals surface area contributed by atoms with E-state index in [4.69, 9.17) is 9.47 Å². The molecule has 0 radical (unpaired) electrons. The Morgan fingerprint density at radius 3 is 2.85 bits per heavy atom. The van der Waals surface area contributed by atoms with Crippen LogP contribution in [0.1, 0.15) is 18.9 Å². The van der Waals surface area contributed by atoms with Crippen molar-refractivity contribution in [1.29, 1.82) is 0 Å². The molecule has 1 N–H and O–H groups in total. The zero-order valence-corrected chi connectivity index (χ0v) is 15.9. The van der Waals surface area contributed by atoms with Crippen LogP contribution in [0, 0.1) is 6.92 Å². The average Bonchev–Trinajstić information content (AvgIpc) is 2.64. The highest BCUT2D eigenvalue weighted by atomic mass is 16.5. The Kier molecular flexibility index (Phi) is 6.88. The molecule has 2 atom stereocenters. The molecule has 2 saturated heterocycles. The summed E-state index contributed by atoms with van der Waals surface area (Å²) in [7, 11) is 0. The molecule has 6 nitrogen and oxygen atoms in total. The van der Waals surface area contributed by atoms with Gasteiger partial charge in [-0.15, -0.1) is 0 Å². The van der Waals surface area contributed by atoms with E-state index in [1.54, 1.807) is 0 Å². The van der Waals surface area contributed by atoms with Crippen molar-refractivity contribution in [2.75, 3.05) is 57.4 Å². The van der Waals surface area contributed by atoms with Crippen LogP contribution in [-0.4, -0.2) is 75.5 Å². The lowest BCUT2D eigenvalue weighted by molar-refractivity contribution is -0.127. The van der Waals surface area contributed by atoms with Crippen molar-refractivity contribution < 1.29 is 14.3 Å². The maximum atomic E-state index is 12.5. The highest BCUT2D eigenvalue weighted by Gasteiger charge is 2.28. The molecular weight excluding hydrogens is 330 g/mol. The topological polar surface area (TPSA) is 54.0 Å². The number of carbonyl (C=O) groups is 1. The van der Waals surface area contributed by atoms with Crippen molar-refractivity contribution in [2.24, 2.45) is 0 Å². The quantitative estimate of drug-likeness (QED) is 0.831. The number of hydrogen-bond donors (Lipinski definition) is 1. The van der Waals surface area contributed by atoms with E-state index in [2.05, 4.69) is 46.3 Å². The lowest BCUT2D eigenvalue weighted by atomic mass is 10.1. The van der Waals surface area contributed by atoms with Gasteiger partial charge in [-0.25, -0.2) is 0 Å². The van der Waals surface area contributed by atoms with Gasteiger partial charge in [-0.1, -0.05) is 12.1 Å². The first kappa shape index (κ1) is 19.1. The van der Waals surface area contributed by atoms with Crippen LogP contribution < -0.4 is 10.2 Å². The summed E-state index contributed by atoms with van der Waals surface area (Å²) >= 11 is 0. The maximum Gasteiger partial charge on any atom is 0.234 e. The van der Waals surface area contributed by atoms with Gasteiger partial charge in [-0.3, -0.25) is 9.69 Å². The van der Waals surface area contributed by atoms with Gasteiger partial charge in [0.1, 0.15) is 6.10 Å². The average molecular weight is 361 g/mol. The fraction of sp³-hybridized carbons (Fsp3) is 0.650. The predicted molar refractivity (Wildman–Crippen MR) is 103 cm³/mol. The van der Waals surface area contributed by atoms with Crippen LogP contribution in [0.2, 0.25) is 0 Å². The zero-order chi connectivity index (χ0) is 18.4. The number of aryl methyl sites for hydroxylation is 1. The van der Waals surface area contributed by atoms with E-state index in [9.17, 15) is 4.79 Å². The van der Waals surface area contributed by atoms with Gasteiger partial charge in [0.25, 0.3) is 0 Å². The van der Waals surface area contributed by atoms with Crippen LogP contribution in [0.25, 0.3) is 0 Å². The number of benzene rings is 1. The molecule has 6 heteroatoms. The maximum absolute atomic E-state index is 12.5. The first-order valence-electron chi connectivity index (χ1n) is 9.68. The molecule has 26 heavy (non-hydrogen) atoms. The minimum absolute atomic E-state index is 0.0316. The van der Waals surface area contributed by atoms with Gasteiger partial charge in [0.05, 0.1) is 19.2 Å². The summed E-state index contributed by atoms with van der Waals surface area (Å²) in [6.07, 6.45) is 0.785. The van der Waals surface area contributed by atoms with Crippen molar-refractivity contribution in [1.82, 2.24) is 10.2 Å². The molecule has 0 unspecified atom stereocenters. The van der Waals surface area contributed by atoms with Crippen LogP contribution in [0.3, 0.4) is 0 Å². The van der Waals surface area contributed by atoms with Crippen LogP contribution in [-0.2, 0) is 14.3 Å². The molecule has 1 aromatic rings. The number of hydrogen-bond acceptors (Lipinski definition) is 5. The molecule has 2 heterocycles. The molecule has 0 bridgehead atoms. The molecule has 0 aromatic heterocycles. The number of anilines is 1. The van der Waals surface area contributed by atoms with Gasteiger partial charge in [-0.05, 0) is 38.0 Å². The lowest BCUT2D eigenvalue weighted by Gasteiger charge is -2.36. The molecule has 0 aliphatic carbocycles. The van der Waals surface area contributed by atoms with Crippen molar-refractivity contribution >= 4 is 11.6 Å². The second kappa shape index (κ2) is 9.35. The van der Waals surface area contributed by atoms with Gasteiger partial charge < -0.3 is 19.7 Å². The highest BCUT2D eigenvalue weighted by molar-refractivity contribution is 5.78. The van der Waals surface area contributed by atoms with Crippen molar-refractivity contribution in [3.05, 3.63) is 29.8 Å². The Hall–Kier alpha value is -1.63. The van der Waals surface area contributed by atoms with E-state index in [0.717, 1.165) is 32.6 Å². The third-order valence-electron chi connectivity index (χ3n) is 5.14. The summed E-state index contributed by atoms with van der Waals surface area (Å²) in [5.74, 6) is 0.0885. The van der Waals surface area contributed by atoms with E-state index in [1.807, 2.05) is 6.92 Å². The molecule has 2 aliphatic rings. The Bertz CT molecular complexity index is 585. The Labute approximate surface area is 156 Å². The summed E-state index contributed by atoms with van der Waals surface area (Å²) in [4.78, 5) is 17.1. The van der Waals surface area contributed by atoms with Crippen molar-refractivity contribution in [3.8, 4) is 0 Å². The molecule has 144 valence electrons. The summed E-state index contributed by atoms with van der Waals surface area (Å²) in [5, 5.41) is 3.15. The van der Waals surface area contributed by atoms with Gasteiger partial charge >= 0.3 is 0 Å². The zero-order valence-electron chi connectivity index (χ0n) is 15.9. The first-order chi connectivity index (χ1) is 12.7. The minimum atomic E-state index is -0.0316. The van der Waals surface area contributed by atoms with E-state index < -0.39 is 0 Å². The van der Waals surface area contributed by atoms with Crippen LogP contribution >= 0.6 is 0 Å². The number of carbonyl (C=O) groups excluding carboxylic acids is 1. The normalized spacial score (nSPS) is 24.5. The number of rotatable bonds is 6. The number of ether oxygens (including phenoxy) is 2. The largest absolute Gasteiger partial charge is 0.379 e. The number of amides is 1. The van der Waals surface area contributed by atoms with E-state index in [1.165, 1.54) is 11.3 Å². The molecule has 2 aliphatic heterocycles. The van der Waals surface area contributed by atoms with E-state index in [-0.39, 0.29) is 18.1 Å². The Morgan fingerprint density at radius 1 is 1.31 bits per heavy atom. The molecule has 0 saturated carbocycles.